The average molecular weight is 292 g/mol. The molecule has 0 aliphatic heterocycles. The molecule has 1 fully saturated rings. The topological polar surface area (TPSA) is 55.8 Å². The van der Waals surface area contributed by atoms with Crippen LogP contribution in [0.3, 0.4) is 0 Å². The highest BCUT2D eigenvalue weighted by atomic mass is 16.5. The third-order valence-corrected chi connectivity index (χ3v) is 4.20. The molecular formula is C17H24O4. The van der Waals surface area contributed by atoms with Crippen molar-refractivity contribution < 1.29 is 19.4 Å². The lowest BCUT2D eigenvalue weighted by Crippen LogP contribution is -2.33. The van der Waals surface area contributed by atoms with Gasteiger partial charge in [-0.2, -0.15) is 0 Å². The van der Waals surface area contributed by atoms with Gasteiger partial charge in [-0.25, -0.2) is 0 Å². The average Bonchev–Trinajstić information content (AvgIpc) is 2.53. The molecule has 4 heteroatoms. The van der Waals surface area contributed by atoms with Gasteiger partial charge in [-0.1, -0.05) is 30.3 Å². The van der Waals surface area contributed by atoms with Gasteiger partial charge >= 0.3 is 5.97 Å². The predicted octanol–water partition coefficient (Wildman–Crippen LogP) is 2.64. The fourth-order valence-electron chi connectivity index (χ4n) is 2.79. The van der Waals surface area contributed by atoms with E-state index < -0.39 is 5.60 Å². The Hall–Kier alpha value is -1.39. The second kappa shape index (κ2) is 7.05. The number of aliphatic hydroxyl groups is 1. The molecule has 0 amide bonds. The molecule has 1 aliphatic rings. The Morgan fingerprint density at radius 1 is 1.24 bits per heavy atom. The maximum atomic E-state index is 11.5. The normalized spacial score (nSPS) is 25.1. The Bertz CT molecular complexity index is 447. The number of esters is 1. The van der Waals surface area contributed by atoms with Crippen LogP contribution in [-0.2, 0) is 19.9 Å². The second-order valence-corrected chi connectivity index (χ2v) is 5.95. The number of rotatable bonds is 5. The van der Waals surface area contributed by atoms with Gasteiger partial charge < -0.3 is 14.6 Å². The zero-order chi connectivity index (χ0) is 15.3. The molecule has 116 valence electrons. The lowest BCUT2D eigenvalue weighted by molar-refractivity contribution is -0.148. The Morgan fingerprint density at radius 2 is 1.86 bits per heavy atom. The van der Waals surface area contributed by atoms with Crippen LogP contribution >= 0.6 is 0 Å². The summed E-state index contributed by atoms with van der Waals surface area (Å²) in [5, 5.41) is 10.5. The van der Waals surface area contributed by atoms with Gasteiger partial charge in [0.1, 0.15) is 5.60 Å². The maximum Gasteiger partial charge on any atom is 0.308 e. The SMILES string of the molecule is COC(=O)C1CCC(OCC(C)(O)c2ccccc2)CC1. The summed E-state index contributed by atoms with van der Waals surface area (Å²) in [6.07, 6.45) is 3.38. The lowest BCUT2D eigenvalue weighted by Gasteiger charge is -2.30. The molecule has 1 aromatic rings. The number of methoxy groups -OCH3 is 1. The zero-order valence-electron chi connectivity index (χ0n) is 12.7. The molecule has 1 unspecified atom stereocenters. The van der Waals surface area contributed by atoms with Crippen LogP contribution in [0, 0.1) is 5.92 Å². The Kier molecular flexibility index (Phi) is 5.37. The van der Waals surface area contributed by atoms with E-state index in [1.54, 1.807) is 6.92 Å². The van der Waals surface area contributed by atoms with Crippen LogP contribution in [0.15, 0.2) is 30.3 Å². The summed E-state index contributed by atoms with van der Waals surface area (Å²) in [6, 6.07) is 9.54. The summed E-state index contributed by atoms with van der Waals surface area (Å²) >= 11 is 0. The maximum absolute atomic E-state index is 11.5. The molecule has 21 heavy (non-hydrogen) atoms. The van der Waals surface area contributed by atoms with E-state index in [9.17, 15) is 9.90 Å². The van der Waals surface area contributed by atoms with Crippen molar-refractivity contribution in [2.75, 3.05) is 13.7 Å². The first kappa shape index (κ1) is 16.0. The predicted molar refractivity (Wildman–Crippen MR) is 79.7 cm³/mol. The van der Waals surface area contributed by atoms with Gasteiger partial charge in [-0.15, -0.1) is 0 Å². The molecular weight excluding hydrogens is 268 g/mol. The highest BCUT2D eigenvalue weighted by molar-refractivity contribution is 5.72. The van der Waals surface area contributed by atoms with Crippen LogP contribution in [0.4, 0.5) is 0 Å². The van der Waals surface area contributed by atoms with Crippen molar-refractivity contribution in [1.82, 2.24) is 0 Å². The van der Waals surface area contributed by atoms with E-state index in [4.69, 9.17) is 9.47 Å². The van der Waals surface area contributed by atoms with Crippen molar-refractivity contribution in [3.63, 3.8) is 0 Å². The summed E-state index contributed by atoms with van der Waals surface area (Å²) in [7, 11) is 1.43. The van der Waals surface area contributed by atoms with E-state index in [0.717, 1.165) is 31.2 Å². The van der Waals surface area contributed by atoms with Crippen molar-refractivity contribution in [2.45, 2.75) is 44.3 Å². The van der Waals surface area contributed by atoms with Gasteiger partial charge in [-0.3, -0.25) is 4.79 Å². The number of hydrogen-bond donors (Lipinski definition) is 1. The number of carbonyl (C=O) groups is 1. The largest absolute Gasteiger partial charge is 0.469 e. The van der Waals surface area contributed by atoms with Gasteiger partial charge in [-0.05, 0) is 38.2 Å². The van der Waals surface area contributed by atoms with E-state index in [-0.39, 0.29) is 24.6 Å². The molecule has 0 saturated heterocycles. The van der Waals surface area contributed by atoms with Crippen molar-refractivity contribution >= 4 is 5.97 Å². The third-order valence-electron chi connectivity index (χ3n) is 4.20. The van der Waals surface area contributed by atoms with Crippen LogP contribution < -0.4 is 0 Å². The van der Waals surface area contributed by atoms with E-state index in [0.29, 0.717) is 0 Å². The first-order valence-corrected chi connectivity index (χ1v) is 7.50. The van der Waals surface area contributed by atoms with Crippen LogP contribution in [0.5, 0.6) is 0 Å². The fraction of sp³-hybridized carbons (Fsp3) is 0.588. The Labute approximate surface area is 126 Å². The minimum absolute atomic E-state index is 0.00415. The molecule has 1 aliphatic carbocycles. The minimum Gasteiger partial charge on any atom is -0.469 e. The van der Waals surface area contributed by atoms with Gasteiger partial charge in [0.15, 0.2) is 0 Å². The van der Waals surface area contributed by atoms with E-state index in [1.807, 2.05) is 30.3 Å². The number of ether oxygens (including phenoxy) is 2. The van der Waals surface area contributed by atoms with Gasteiger partial charge in [0.05, 0.1) is 25.7 Å². The molecule has 0 bridgehead atoms. The fourth-order valence-corrected chi connectivity index (χ4v) is 2.79. The molecule has 1 aromatic carbocycles. The Balaban J connectivity index is 1.81. The number of benzene rings is 1. The molecule has 0 aromatic heterocycles. The van der Waals surface area contributed by atoms with Crippen LogP contribution in [0.2, 0.25) is 0 Å². The van der Waals surface area contributed by atoms with E-state index >= 15 is 0 Å². The lowest BCUT2D eigenvalue weighted by atomic mass is 9.87. The summed E-state index contributed by atoms with van der Waals surface area (Å²) in [6.45, 7) is 2.03. The molecule has 2 rings (SSSR count). The molecule has 0 spiro atoms. The van der Waals surface area contributed by atoms with E-state index in [1.165, 1.54) is 7.11 Å². The molecule has 1 atom stereocenters. The minimum atomic E-state index is -0.986. The third kappa shape index (κ3) is 4.29. The van der Waals surface area contributed by atoms with Crippen molar-refractivity contribution in [1.29, 1.82) is 0 Å². The summed E-state index contributed by atoms with van der Waals surface area (Å²) in [5.41, 5.74) is -0.131. The number of carbonyl (C=O) groups excluding carboxylic acids is 1. The first-order valence-electron chi connectivity index (χ1n) is 7.50. The van der Waals surface area contributed by atoms with Crippen LogP contribution in [0.1, 0.15) is 38.2 Å². The van der Waals surface area contributed by atoms with Crippen molar-refractivity contribution in [3.8, 4) is 0 Å². The smallest absolute Gasteiger partial charge is 0.308 e. The van der Waals surface area contributed by atoms with Gasteiger partial charge in [0.2, 0.25) is 0 Å². The quantitative estimate of drug-likeness (QED) is 0.848. The summed E-state index contributed by atoms with van der Waals surface area (Å²) in [5.74, 6) is -0.116. The molecule has 1 N–H and O–H groups in total. The summed E-state index contributed by atoms with van der Waals surface area (Å²) < 4.78 is 10.6. The van der Waals surface area contributed by atoms with Gasteiger partial charge in [0, 0.05) is 0 Å². The first-order chi connectivity index (χ1) is 10.0. The van der Waals surface area contributed by atoms with Crippen LogP contribution in [-0.4, -0.2) is 30.9 Å². The highest BCUT2D eigenvalue weighted by Gasteiger charge is 2.30. The molecule has 1 saturated carbocycles. The second-order valence-electron chi connectivity index (χ2n) is 5.95. The molecule has 0 radical (unpaired) electrons. The monoisotopic (exact) mass is 292 g/mol. The van der Waals surface area contributed by atoms with Crippen molar-refractivity contribution in [2.24, 2.45) is 5.92 Å². The number of hydrogen-bond acceptors (Lipinski definition) is 4. The molecule has 0 heterocycles. The molecule has 4 nitrogen and oxygen atoms in total. The highest BCUT2D eigenvalue weighted by Crippen LogP contribution is 2.29. The van der Waals surface area contributed by atoms with E-state index in [2.05, 4.69) is 0 Å². The zero-order valence-corrected chi connectivity index (χ0v) is 12.7. The van der Waals surface area contributed by atoms with Crippen molar-refractivity contribution in [3.05, 3.63) is 35.9 Å². The van der Waals surface area contributed by atoms with Crippen LogP contribution in [0.25, 0.3) is 0 Å². The standard InChI is InChI=1S/C17H24O4/c1-17(19,14-6-4-3-5-7-14)12-21-15-10-8-13(9-11-15)16(18)20-2/h3-7,13,15,19H,8-12H2,1-2H3. The Morgan fingerprint density at radius 3 is 2.43 bits per heavy atom. The summed E-state index contributed by atoms with van der Waals surface area (Å²) in [4.78, 5) is 11.5. The van der Waals surface area contributed by atoms with Gasteiger partial charge in [0.25, 0.3) is 0 Å².